The fraction of sp³-hybridized carbons (Fsp3) is 0.190. The standard InChI is InChI=1S/C21H20FN3O4S2/c1-3-12-25-20(27)18(13-19(26)23-17-7-5-4-6-14(17)2)30-21(25)24-31(28,29)16-10-8-15(22)9-11-16/h3-11,18H,1,12-13H2,2H3,(H,23,26). The highest BCUT2D eigenvalue weighted by Gasteiger charge is 2.39. The molecule has 10 heteroatoms. The Labute approximate surface area is 184 Å². The van der Waals surface area contributed by atoms with Crippen LogP contribution < -0.4 is 5.32 Å². The largest absolute Gasteiger partial charge is 0.326 e. The van der Waals surface area contributed by atoms with Crippen molar-refractivity contribution >= 4 is 44.5 Å². The normalized spacial score (nSPS) is 17.7. The summed E-state index contributed by atoms with van der Waals surface area (Å²) in [5, 5.41) is 1.88. The summed E-state index contributed by atoms with van der Waals surface area (Å²) in [7, 11) is -4.17. The maximum atomic E-state index is 13.1. The number of rotatable bonds is 7. The first-order valence-electron chi connectivity index (χ1n) is 9.26. The second kappa shape index (κ2) is 9.44. The highest BCUT2D eigenvalue weighted by molar-refractivity contribution is 8.16. The highest BCUT2D eigenvalue weighted by atomic mass is 32.2. The molecule has 1 saturated heterocycles. The first-order valence-corrected chi connectivity index (χ1v) is 11.6. The lowest BCUT2D eigenvalue weighted by Crippen LogP contribution is -2.34. The van der Waals surface area contributed by atoms with E-state index in [0.717, 1.165) is 41.6 Å². The zero-order valence-electron chi connectivity index (χ0n) is 16.6. The molecule has 162 valence electrons. The van der Waals surface area contributed by atoms with Crippen molar-refractivity contribution in [1.29, 1.82) is 0 Å². The van der Waals surface area contributed by atoms with Gasteiger partial charge in [0.1, 0.15) is 11.1 Å². The molecule has 1 aliphatic rings. The van der Waals surface area contributed by atoms with Gasteiger partial charge < -0.3 is 5.32 Å². The molecule has 1 aliphatic heterocycles. The Morgan fingerprint density at radius 2 is 1.94 bits per heavy atom. The summed E-state index contributed by atoms with van der Waals surface area (Å²) < 4.78 is 42.1. The van der Waals surface area contributed by atoms with E-state index >= 15 is 0 Å². The second-order valence-corrected chi connectivity index (χ2v) is 9.49. The number of aryl methyl sites for hydroxylation is 1. The molecule has 1 unspecified atom stereocenters. The monoisotopic (exact) mass is 461 g/mol. The minimum absolute atomic E-state index is 0.0412. The number of halogens is 1. The van der Waals surface area contributed by atoms with E-state index in [1.54, 1.807) is 12.1 Å². The van der Waals surface area contributed by atoms with Crippen LogP contribution in [0, 0.1) is 12.7 Å². The number of benzene rings is 2. The van der Waals surface area contributed by atoms with E-state index in [-0.39, 0.29) is 28.9 Å². The van der Waals surface area contributed by atoms with Gasteiger partial charge in [-0.05, 0) is 42.8 Å². The maximum Gasteiger partial charge on any atom is 0.284 e. The van der Waals surface area contributed by atoms with Gasteiger partial charge in [0, 0.05) is 18.7 Å². The van der Waals surface area contributed by atoms with E-state index < -0.39 is 27.0 Å². The van der Waals surface area contributed by atoms with Crippen molar-refractivity contribution in [2.75, 3.05) is 11.9 Å². The van der Waals surface area contributed by atoms with Gasteiger partial charge in [0.15, 0.2) is 5.17 Å². The van der Waals surface area contributed by atoms with Crippen LogP contribution in [-0.4, -0.2) is 42.1 Å². The third-order valence-electron chi connectivity index (χ3n) is 4.43. The van der Waals surface area contributed by atoms with Crippen LogP contribution in [0.15, 0.2) is 70.5 Å². The lowest BCUT2D eigenvalue weighted by molar-refractivity contribution is -0.127. The number of sulfonamides is 1. The van der Waals surface area contributed by atoms with Crippen LogP contribution in [0.25, 0.3) is 0 Å². The molecule has 1 N–H and O–H groups in total. The van der Waals surface area contributed by atoms with Gasteiger partial charge in [0.05, 0.1) is 4.90 Å². The summed E-state index contributed by atoms with van der Waals surface area (Å²) in [4.78, 5) is 26.2. The molecule has 0 aromatic heterocycles. The molecule has 31 heavy (non-hydrogen) atoms. The number of amidine groups is 1. The van der Waals surface area contributed by atoms with Gasteiger partial charge in [-0.15, -0.1) is 11.0 Å². The Balaban J connectivity index is 1.80. The number of hydrogen-bond acceptors (Lipinski definition) is 5. The van der Waals surface area contributed by atoms with Crippen molar-refractivity contribution in [2.24, 2.45) is 4.40 Å². The highest BCUT2D eigenvalue weighted by Crippen LogP contribution is 2.31. The Morgan fingerprint density at radius 1 is 1.26 bits per heavy atom. The molecule has 2 amide bonds. The van der Waals surface area contributed by atoms with E-state index in [1.807, 2.05) is 19.1 Å². The number of carbonyl (C=O) groups is 2. The molecule has 0 spiro atoms. The molecule has 0 bridgehead atoms. The van der Waals surface area contributed by atoms with E-state index in [9.17, 15) is 22.4 Å². The van der Waals surface area contributed by atoms with Gasteiger partial charge in [-0.3, -0.25) is 14.5 Å². The molecule has 1 heterocycles. The average Bonchev–Trinajstić information content (AvgIpc) is 2.98. The summed E-state index contributed by atoms with van der Waals surface area (Å²) in [6, 6.07) is 11.5. The molecular weight excluding hydrogens is 441 g/mol. The van der Waals surface area contributed by atoms with Crippen LogP contribution in [0.5, 0.6) is 0 Å². The fourth-order valence-corrected chi connectivity index (χ4v) is 5.22. The number of nitrogens with zero attached hydrogens (tertiary/aromatic N) is 2. The van der Waals surface area contributed by atoms with Crippen LogP contribution in [0.2, 0.25) is 0 Å². The molecule has 1 fully saturated rings. The predicted molar refractivity (Wildman–Crippen MR) is 119 cm³/mol. The van der Waals surface area contributed by atoms with E-state index in [0.29, 0.717) is 5.69 Å². The molecule has 1 atom stereocenters. The smallest absolute Gasteiger partial charge is 0.284 e. The summed E-state index contributed by atoms with van der Waals surface area (Å²) in [6.45, 7) is 5.47. The first-order chi connectivity index (χ1) is 14.7. The Morgan fingerprint density at radius 3 is 2.58 bits per heavy atom. The van der Waals surface area contributed by atoms with Crippen LogP contribution in [0.3, 0.4) is 0 Å². The van der Waals surface area contributed by atoms with Crippen molar-refractivity contribution in [1.82, 2.24) is 4.90 Å². The number of amides is 2. The molecule has 0 saturated carbocycles. The quantitative estimate of drug-likeness (QED) is 0.638. The topological polar surface area (TPSA) is 95.9 Å². The Hall–Kier alpha value is -2.98. The predicted octanol–water partition coefficient (Wildman–Crippen LogP) is 3.34. The lowest BCUT2D eigenvalue weighted by Gasteiger charge is -2.14. The number of carbonyl (C=O) groups excluding carboxylic acids is 2. The number of anilines is 1. The van der Waals surface area contributed by atoms with Crippen molar-refractivity contribution in [3.05, 3.63) is 72.6 Å². The number of nitrogens with one attached hydrogen (secondary N) is 1. The molecule has 7 nitrogen and oxygen atoms in total. The first kappa shape index (κ1) is 22.7. The third kappa shape index (κ3) is 5.39. The fourth-order valence-electron chi connectivity index (χ4n) is 2.85. The molecule has 0 aliphatic carbocycles. The lowest BCUT2D eigenvalue weighted by atomic mass is 10.2. The van der Waals surface area contributed by atoms with Crippen LogP contribution in [0.4, 0.5) is 10.1 Å². The maximum absolute atomic E-state index is 13.1. The molecule has 0 radical (unpaired) electrons. The molecular formula is C21H20FN3O4S2. The molecule has 2 aromatic carbocycles. The van der Waals surface area contributed by atoms with Crippen LogP contribution in [0.1, 0.15) is 12.0 Å². The summed E-state index contributed by atoms with van der Waals surface area (Å²) >= 11 is 0.899. The zero-order valence-corrected chi connectivity index (χ0v) is 18.2. The van der Waals surface area contributed by atoms with Crippen molar-refractivity contribution in [3.8, 4) is 0 Å². The van der Waals surface area contributed by atoms with E-state index in [4.69, 9.17) is 0 Å². The second-order valence-electron chi connectivity index (χ2n) is 6.71. The van der Waals surface area contributed by atoms with Gasteiger partial charge in [-0.25, -0.2) is 4.39 Å². The summed E-state index contributed by atoms with van der Waals surface area (Å²) in [5.74, 6) is -1.38. The number of para-hydroxylation sites is 1. The average molecular weight is 462 g/mol. The Kier molecular flexibility index (Phi) is 6.91. The number of hydrogen-bond donors (Lipinski definition) is 1. The van der Waals surface area contributed by atoms with Gasteiger partial charge in [0.2, 0.25) is 11.8 Å². The van der Waals surface area contributed by atoms with Crippen molar-refractivity contribution in [2.45, 2.75) is 23.5 Å². The van der Waals surface area contributed by atoms with Crippen molar-refractivity contribution < 1.29 is 22.4 Å². The van der Waals surface area contributed by atoms with Gasteiger partial charge in [0.25, 0.3) is 10.0 Å². The minimum atomic E-state index is -4.17. The zero-order chi connectivity index (χ0) is 22.6. The van der Waals surface area contributed by atoms with Gasteiger partial charge >= 0.3 is 0 Å². The van der Waals surface area contributed by atoms with Gasteiger partial charge in [-0.2, -0.15) is 8.42 Å². The van der Waals surface area contributed by atoms with E-state index in [1.165, 1.54) is 11.0 Å². The van der Waals surface area contributed by atoms with E-state index in [2.05, 4.69) is 16.3 Å². The van der Waals surface area contributed by atoms with Crippen LogP contribution in [-0.2, 0) is 19.6 Å². The van der Waals surface area contributed by atoms with Crippen LogP contribution >= 0.6 is 11.8 Å². The van der Waals surface area contributed by atoms with Crippen molar-refractivity contribution in [3.63, 3.8) is 0 Å². The van der Waals surface area contributed by atoms with Gasteiger partial charge in [-0.1, -0.05) is 36.0 Å². The third-order valence-corrected chi connectivity index (χ3v) is 7.00. The summed E-state index contributed by atoms with van der Waals surface area (Å²) in [6.07, 6.45) is 1.29. The summed E-state index contributed by atoms with van der Waals surface area (Å²) in [5.41, 5.74) is 1.51. The molecule has 3 rings (SSSR count). The molecule has 2 aromatic rings. The SMILES string of the molecule is C=CCN1C(=O)C(CC(=O)Nc2ccccc2C)SC1=NS(=O)(=O)c1ccc(F)cc1. The Bertz CT molecular complexity index is 1150. The number of thioether (sulfide) groups is 1. The minimum Gasteiger partial charge on any atom is -0.326 e.